The van der Waals surface area contributed by atoms with E-state index in [-0.39, 0.29) is 41.3 Å². The summed E-state index contributed by atoms with van der Waals surface area (Å²) in [5, 5.41) is 5.06. The second-order valence-electron chi connectivity index (χ2n) is 7.40. The molecule has 0 heterocycles. The number of halogens is 7. The van der Waals surface area contributed by atoms with Crippen LogP contribution in [0.4, 0.5) is 36.4 Å². The molecule has 2 aromatic carbocycles. The summed E-state index contributed by atoms with van der Waals surface area (Å²) in [6.45, 7) is 4.21. The molecule has 0 unspecified atom stereocenters. The molecule has 0 fully saturated rings. The Hall–Kier alpha value is -3.11. The second-order valence-corrected chi connectivity index (χ2v) is 7.40. The first-order chi connectivity index (χ1) is 15.1. The van der Waals surface area contributed by atoms with Crippen molar-refractivity contribution in [2.45, 2.75) is 51.8 Å². The quantitative estimate of drug-likeness (QED) is 0.521. The molecule has 11 heteroatoms. The Labute approximate surface area is 185 Å². The van der Waals surface area contributed by atoms with Gasteiger partial charge in [-0.15, -0.1) is 0 Å². The van der Waals surface area contributed by atoms with Crippen molar-refractivity contribution >= 4 is 17.5 Å². The first-order valence-electron chi connectivity index (χ1n) is 9.72. The summed E-state index contributed by atoms with van der Waals surface area (Å²) in [5.41, 5.74) is -6.53. The van der Waals surface area contributed by atoms with E-state index in [4.69, 9.17) is 0 Å². The Balaban J connectivity index is 2.39. The molecule has 180 valence electrons. The van der Waals surface area contributed by atoms with Gasteiger partial charge in [-0.1, -0.05) is 25.1 Å². The maximum atomic E-state index is 14.5. The Morgan fingerprint density at radius 2 is 1.45 bits per heavy atom. The summed E-state index contributed by atoms with van der Waals surface area (Å²) in [7, 11) is 0. The van der Waals surface area contributed by atoms with Gasteiger partial charge in [0.15, 0.2) is 0 Å². The predicted octanol–water partition coefficient (Wildman–Crippen LogP) is 5.74. The van der Waals surface area contributed by atoms with Gasteiger partial charge in [0, 0.05) is 30.3 Å². The standard InChI is InChI=1S/C22H21F7N2O2/c1-4-15-10-17(20(23,21(24,25)26)22(27,28)29)9-12(2)18(15)31-19(33)16-7-5-14(6-8-16)11-30-13(3)32/h5-10H,4,11H2,1-3H3,(H,30,32)(H,31,33). The summed E-state index contributed by atoms with van der Waals surface area (Å²) in [6, 6.07) is 6.95. The van der Waals surface area contributed by atoms with Crippen molar-refractivity contribution in [2.24, 2.45) is 0 Å². The van der Waals surface area contributed by atoms with Crippen molar-refractivity contribution in [3.05, 3.63) is 64.2 Å². The minimum Gasteiger partial charge on any atom is -0.352 e. The molecule has 0 bridgehead atoms. The molecule has 2 N–H and O–H groups in total. The van der Waals surface area contributed by atoms with Crippen molar-refractivity contribution in [3.8, 4) is 0 Å². The van der Waals surface area contributed by atoms with Crippen LogP contribution in [0.2, 0.25) is 0 Å². The molecule has 0 saturated heterocycles. The van der Waals surface area contributed by atoms with Crippen molar-refractivity contribution < 1.29 is 40.3 Å². The molecule has 2 aromatic rings. The molecule has 0 spiro atoms. The zero-order chi connectivity index (χ0) is 25.2. The highest BCUT2D eigenvalue weighted by Crippen LogP contribution is 2.53. The van der Waals surface area contributed by atoms with Gasteiger partial charge in [-0.25, -0.2) is 4.39 Å². The highest BCUT2D eigenvalue weighted by Gasteiger charge is 2.73. The zero-order valence-corrected chi connectivity index (χ0v) is 17.8. The van der Waals surface area contributed by atoms with Gasteiger partial charge in [0.05, 0.1) is 0 Å². The van der Waals surface area contributed by atoms with Gasteiger partial charge < -0.3 is 10.6 Å². The lowest BCUT2D eigenvalue weighted by Crippen LogP contribution is -2.50. The first kappa shape index (κ1) is 26.1. The number of carbonyl (C=O) groups excluding carboxylic acids is 2. The molecule has 0 aliphatic heterocycles. The molecule has 0 aliphatic rings. The summed E-state index contributed by atoms with van der Waals surface area (Å²) in [5.74, 6) is -0.902. The Morgan fingerprint density at radius 3 is 1.91 bits per heavy atom. The number of alkyl halides is 7. The molecular formula is C22H21F7N2O2. The first-order valence-corrected chi connectivity index (χ1v) is 9.72. The van der Waals surface area contributed by atoms with E-state index in [1.54, 1.807) is 12.1 Å². The SMILES string of the molecule is CCc1cc(C(F)(C(F)(F)F)C(F)(F)F)cc(C)c1NC(=O)c1ccc(CNC(C)=O)cc1. The molecule has 0 aliphatic carbocycles. The fourth-order valence-corrected chi connectivity index (χ4v) is 3.19. The molecule has 4 nitrogen and oxygen atoms in total. The molecule has 2 rings (SSSR count). The van der Waals surface area contributed by atoms with Crippen LogP contribution in [0, 0.1) is 6.92 Å². The van der Waals surface area contributed by atoms with E-state index >= 15 is 0 Å². The topological polar surface area (TPSA) is 58.2 Å². The molecule has 0 aromatic heterocycles. The number of carbonyl (C=O) groups is 2. The van der Waals surface area contributed by atoms with Crippen LogP contribution in [0.3, 0.4) is 0 Å². The Morgan fingerprint density at radius 1 is 0.909 bits per heavy atom. The fourth-order valence-electron chi connectivity index (χ4n) is 3.19. The van der Waals surface area contributed by atoms with Crippen molar-refractivity contribution in [3.63, 3.8) is 0 Å². The van der Waals surface area contributed by atoms with Gasteiger partial charge in [-0.2, -0.15) is 26.3 Å². The number of hydrogen-bond donors (Lipinski definition) is 2. The molecule has 33 heavy (non-hydrogen) atoms. The number of benzene rings is 2. The molecular weight excluding hydrogens is 457 g/mol. The predicted molar refractivity (Wildman–Crippen MR) is 107 cm³/mol. The monoisotopic (exact) mass is 478 g/mol. The van der Waals surface area contributed by atoms with E-state index in [9.17, 15) is 40.3 Å². The number of amides is 2. The number of aryl methyl sites for hydroxylation is 2. The Bertz CT molecular complexity index is 1010. The lowest BCUT2D eigenvalue weighted by molar-refractivity contribution is -0.348. The fraction of sp³-hybridized carbons (Fsp3) is 0.364. The maximum Gasteiger partial charge on any atom is 0.435 e. The van der Waals surface area contributed by atoms with Crippen LogP contribution in [0.25, 0.3) is 0 Å². The van der Waals surface area contributed by atoms with Crippen LogP contribution < -0.4 is 10.6 Å². The number of anilines is 1. The third-order valence-corrected chi connectivity index (χ3v) is 4.97. The van der Waals surface area contributed by atoms with Gasteiger partial charge >= 0.3 is 18.0 Å². The normalized spacial score (nSPS) is 12.4. The smallest absolute Gasteiger partial charge is 0.352 e. The van der Waals surface area contributed by atoms with Crippen LogP contribution in [0.15, 0.2) is 36.4 Å². The number of nitrogens with one attached hydrogen (secondary N) is 2. The second kappa shape index (κ2) is 9.40. The van der Waals surface area contributed by atoms with Crippen LogP contribution in [-0.4, -0.2) is 24.2 Å². The van der Waals surface area contributed by atoms with Crippen molar-refractivity contribution in [1.29, 1.82) is 0 Å². The van der Waals surface area contributed by atoms with Crippen molar-refractivity contribution in [1.82, 2.24) is 5.32 Å². The number of rotatable bonds is 6. The van der Waals surface area contributed by atoms with Crippen LogP contribution >= 0.6 is 0 Å². The highest BCUT2D eigenvalue weighted by molar-refractivity contribution is 6.05. The van der Waals surface area contributed by atoms with Gasteiger partial charge in [-0.3, -0.25) is 9.59 Å². The lowest BCUT2D eigenvalue weighted by Gasteiger charge is -2.31. The summed E-state index contributed by atoms with van der Waals surface area (Å²) in [4.78, 5) is 23.6. The largest absolute Gasteiger partial charge is 0.435 e. The number of hydrogen-bond acceptors (Lipinski definition) is 2. The van der Waals surface area contributed by atoms with Crippen molar-refractivity contribution in [2.75, 3.05) is 5.32 Å². The third-order valence-electron chi connectivity index (χ3n) is 4.97. The van der Waals surface area contributed by atoms with Gasteiger partial charge in [-0.05, 0) is 48.2 Å². The van der Waals surface area contributed by atoms with E-state index in [0.29, 0.717) is 17.7 Å². The van der Waals surface area contributed by atoms with E-state index < -0.39 is 29.5 Å². The van der Waals surface area contributed by atoms with Crippen LogP contribution in [0.5, 0.6) is 0 Å². The van der Waals surface area contributed by atoms with Gasteiger partial charge in [0.25, 0.3) is 5.91 Å². The molecule has 0 radical (unpaired) electrons. The minimum absolute atomic E-state index is 0.000252. The van der Waals surface area contributed by atoms with Gasteiger partial charge in [0.1, 0.15) is 0 Å². The maximum absolute atomic E-state index is 14.5. The van der Waals surface area contributed by atoms with E-state index in [1.807, 2.05) is 0 Å². The minimum atomic E-state index is -6.23. The van der Waals surface area contributed by atoms with E-state index in [1.165, 1.54) is 32.9 Å². The molecule has 2 amide bonds. The van der Waals surface area contributed by atoms with E-state index in [0.717, 1.165) is 0 Å². The molecule has 0 saturated carbocycles. The summed E-state index contributed by atoms with van der Waals surface area (Å²) < 4.78 is 93.3. The third kappa shape index (κ3) is 5.45. The Kier molecular flexibility index (Phi) is 7.45. The highest BCUT2D eigenvalue weighted by atomic mass is 19.4. The summed E-state index contributed by atoms with van der Waals surface area (Å²) >= 11 is 0. The van der Waals surface area contributed by atoms with Crippen LogP contribution in [-0.2, 0) is 23.4 Å². The average molecular weight is 478 g/mol. The molecule has 0 atom stereocenters. The van der Waals surface area contributed by atoms with Gasteiger partial charge in [0.2, 0.25) is 5.91 Å². The average Bonchev–Trinajstić information content (AvgIpc) is 2.71. The summed E-state index contributed by atoms with van der Waals surface area (Å²) in [6.07, 6.45) is -12.5. The lowest BCUT2D eigenvalue weighted by atomic mass is 9.89. The zero-order valence-electron chi connectivity index (χ0n) is 17.8. The van der Waals surface area contributed by atoms with Crippen LogP contribution in [0.1, 0.15) is 46.5 Å². The van der Waals surface area contributed by atoms with E-state index in [2.05, 4.69) is 10.6 Å².